The molecule has 2 rings (SSSR count). The highest BCUT2D eigenvalue weighted by Gasteiger charge is 2.12. The van der Waals surface area contributed by atoms with Crippen molar-refractivity contribution in [3.63, 3.8) is 0 Å². The van der Waals surface area contributed by atoms with Gasteiger partial charge in [0.05, 0.1) is 13.0 Å². The molecule has 0 radical (unpaired) electrons. The van der Waals surface area contributed by atoms with E-state index in [2.05, 4.69) is 10.3 Å². The molecular formula is C12H14N2O. The zero-order valence-corrected chi connectivity index (χ0v) is 8.79. The first-order chi connectivity index (χ1) is 7.25. The minimum absolute atomic E-state index is 0.128. The zero-order chi connectivity index (χ0) is 10.7. The van der Waals surface area contributed by atoms with Gasteiger partial charge in [0.15, 0.2) is 5.78 Å². The van der Waals surface area contributed by atoms with Crippen molar-refractivity contribution in [2.45, 2.75) is 13.3 Å². The number of carbonyl (C=O) groups is 1. The van der Waals surface area contributed by atoms with Crippen LogP contribution in [0.4, 0.5) is 0 Å². The molecule has 15 heavy (non-hydrogen) atoms. The Morgan fingerprint density at radius 3 is 2.73 bits per heavy atom. The SMILES string of the molecule is Cc1ccc(C(=O)CC2=NCCN2)cc1. The normalized spacial score (nSPS) is 14.6. The van der Waals surface area contributed by atoms with Gasteiger partial charge in [0, 0.05) is 12.1 Å². The second kappa shape index (κ2) is 4.26. The number of hydrogen-bond donors (Lipinski definition) is 1. The van der Waals surface area contributed by atoms with E-state index in [1.54, 1.807) is 0 Å². The summed E-state index contributed by atoms with van der Waals surface area (Å²) in [6.45, 7) is 3.66. The molecule has 78 valence electrons. The first-order valence-electron chi connectivity index (χ1n) is 5.13. The lowest BCUT2D eigenvalue weighted by atomic mass is 10.1. The Bertz CT molecular complexity index is 393. The number of aryl methyl sites for hydroxylation is 1. The Balaban J connectivity index is 2.04. The van der Waals surface area contributed by atoms with Crippen molar-refractivity contribution in [1.29, 1.82) is 0 Å². The third-order valence-corrected chi connectivity index (χ3v) is 2.45. The second-order valence-corrected chi connectivity index (χ2v) is 3.72. The maximum atomic E-state index is 11.8. The Kier molecular flexibility index (Phi) is 2.81. The molecule has 1 aliphatic rings. The summed E-state index contributed by atoms with van der Waals surface area (Å²) in [5.41, 5.74) is 1.93. The number of nitrogens with one attached hydrogen (secondary N) is 1. The van der Waals surface area contributed by atoms with Crippen molar-refractivity contribution in [3.8, 4) is 0 Å². The topological polar surface area (TPSA) is 41.5 Å². The average molecular weight is 202 g/mol. The molecule has 0 saturated carbocycles. The molecule has 1 heterocycles. The second-order valence-electron chi connectivity index (χ2n) is 3.72. The minimum Gasteiger partial charge on any atom is -0.372 e. The summed E-state index contributed by atoms with van der Waals surface area (Å²) < 4.78 is 0. The molecule has 3 nitrogen and oxygen atoms in total. The van der Waals surface area contributed by atoms with Crippen LogP contribution in [0.1, 0.15) is 22.3 Å². The molecule has 0 unspecified atom stereocenters. The van der Waals surface area contributed by atoms with E-state index >= 15 is 0 Å². The lowest BCUT2D eigenvalue weighted by Gasteiger charge is -2.02. The molecule has 0 spiro atoms. The molecule has 0 bridgehead atoms. The van der Waals surface area contributed by atoms with E-state index in [0.29, 0.717) is 6.42 Å². The van der Waals surface area contributed by atoms with Gasteiger partial charge in [0.2, 0.25) is 0 Å². The zero-order valence-electron chi connectivity index (χ0n) is 8.79. The van der Waals surface area contributed by atoms with Gasteiger partial charge < -0.3 is 5.32 Å². The van der Waals surface area contributed by atoms with Gasteiger partial charge in [-0.15, -0.1) is 0 Å². The summed E-state index contributed by atoms with van der Waals surface area (Å²) >= 11 is 0. The van der Waals surface area contributed by atoms with Crippen molar-refractivity contribution in [2.24, 2.45) is 4.99 Å². The first kappa shape index (κ1) is 9.90. The Labute approximate surface area is 89.2 Å². The molecule has 0 amide bonds. The van der Waals surface area contributed by atoms with Gasteiger partial charge in [-0.1, -0.05) is 29.8 Å². The molecule has 0 fully saturated rings. The third kappa shape index (κ3) is 2.43. The monoisotopic (exact) mass is 202 g/mol. The number of carbonyl (C=O) groups excluding carboxylic acids is 1. The fourth-order valence-electron chi connectivity index (χ4n) is 1.56. The standard InChI is InChI=1S/C12H14N2O/c1-9-2-4-10(5-3-9)11(15)8-12-13-6-7-14-12/h2-5H,6-8H2,1H3,(H,13,14). The molecule has 1 aromatic rings. The quantitative estimate of drug-likeness (QED) is 0.756. The van der Waals surface area contributed by atoms with E-state index in [0.717, 1.165) is 24.5 Å². The average Bonchev–Trinajstić information content (AvgIpc) is 2.71. The molecule has 1 aromatic carbocycles. The van der Waals surface area contributed by atoms with E-state index in [4.69, 9.17) is 0 Å². The van der Waals surface area contributed by atoms with Crippen LogP contribution in [0.15, 0.2) is 29.3 Å². The molecule has 0 atom stereocenters. The summed E-state index contributed by atoms with van der Waals surface area (Å²) in [6, 6.07) is 7.65. The summed E-state index contributed by atoms with van der Waals surface area (Å²) in [7, 11) is 0. The summed E-state index contributed by atoms with van der Waals surface area (Å²) in [5.74, 6) is 0.948. The molecule has 1 N–H and O–H groups in total. The van der Waals surface area contributed by atoms with Crippen molar-refractivity contribution < 1.29 is 4.79 Å². The van der Waals surface area contributed by atoms with Gasteiger partial charge in [-0.05, 0) is 6.92 Å². The fraction of sp³-hybridized carbons (Fsp3) is 0.333. The molecule has 1 aliphatic heterocycles. The van der Waals surface area contributed by atoms with Gasteiger partial charge in [0.1, 0.15) is 5.84 Å². The van der Waals surface area contributed by atoms with E-state index in [1.165, 1.54) is 5.56 Å². The largest absolute Gasteiger partial charge is 0.372 e. The van der Waals surface area contributed by atoms with Gasteiger partial charge in [0.25, 0.3) is 0 Å². The van der Waals surface area contributed by atoms with Crippen LogP contribution in [0.2, 0.25) is 0 Å². The number of aliphatic imine (C=N–C) groups is 1. The summed E-state index contributed by atoms with van der Waals surface area (Å²) in [6.07, 6.45) is 0.392. The smallest absolute Gasteiger partial charge is 0.170 e. The van der Waals surface area contributed by atoms with Gasteiger partial charge in [-0.3, -0.25) is 9.79 Å². The van der Waals surface area contributed by atoms with Crippen molar-refractivity contribution in [2.75, 3.05) is 13.1 Å². The van der Waals surface area contributed by atoms with Gasteiger partial charge >= 0.3 is 0 Å². The highest BCUT2D eigenvalue weighted by Crippen LogP contribution is 2.07. The van der Waals surface area contributed by atoms with Crippen molar-refractivity contribution in [3.05, 3.63) is 35.4 Å². The molecule has 0 aromatic heterocycles. The Morgan fingerprint density at radius 1 is 1.40 bits per heavy atom. The van der Waals surface area contributed by atoms with Crippen LogP contribution in [0.3, 0.4) is 0 Å². The van der Waals surface area contributed by atoms with Crippen LogP contribution < -0.4 is 5.32 Å². The Hall–Kier alpha value is -1.64. The number of Topliss-reactive ketones (excluding diaryl/α,β-unsaturated/α-hetero) is 1. The number of amidine groups is 1. The summed E-state index contributed by atoms with van der Waals surface area (Å²) in [5, 5.41) is 3.10. The molecule has 3 heteroatoms. The van der Waals surface area contributed by atoms with Crippen LogP contribution in [0, 0.1) is 6.92 Å². The van der Waals surface area contributed by atoms with Crippen LogP contribution in [-0.4, -0.2) is 24.7 Å². The number of rotatable bonds is 3. The molecular weight excluding hydrogens is 188 g/mol. The third-order valence-electron chi connectivity index (χ3n) is 2.45. The highest BCUT2D eigenvalue weighted by molar-refractivity contribution is 6.09. The lowest BCUT2D eigenvalue weighted by Crippen LogP contribution is -2.21. The van der Waals surface area contributed by atoms with Crippen LogP contribution >= 0.6 is 0 Å². The number of nitrogens with zero attached hydrogens (tertiary/aromatic N) is 1. The number of ketones is 1. The van der Waals surface area contributed by atoms with Crippen molar-refractivity contribution >= 4 is 11.6 Å². The summed E-state index contributed by atoms with van der Waals surface area (Å²) in [4.78, 5) is 16.0. The maximum Gasteiger partial charge on any atom is 0.170 e. The molecule has 0 saturated heterocycles. The number of hydrogen-bond acceptors (Lipinski definition) is 3. The van der Waals surface area contributed by atoms with E-state index in [1.807, 2.05) is 31.2 Å². The highest BCUT2D eigenvalue weighted by atomic mass is 16.1. The van der Waals surface area contributed by atoms with E-state index in [-0.39, 0.29) is 5.78 Å². The lowest BCUT2D eigenvalue weighted by molar-refractivity contribution is 0.1000. The van der Waals surface area contributed by atoms with Crippen LogP contribution in [0.5, 0.6) is 0 Å². The van der Waals surface area contributed by atoms with Crippen molar-refractivity contribution in [1.82, 2.24) is 5.32 Å². The Morgan fingerprint density at radius 2 is 2.13 bits per heavy atom. The molecule has 0 aliphatic carbocycles. The predicted molar refractivity (Wildman–Crippen MR) is 60.4 cm³/mol. The fourth-order valence-corrected chi connectivity index (χ4v) is 1.56. The van der Waals surface area contributed by atoms with Gasteiger partial charge in [-0.2, -0.15) is 0 Å². The van der Waals surface area contributed by atoms with Crippen LogP contribution in [-0.2, 0) is 0 Å². The predicted octanol–water partition coefficient (Wildman–Crippen LogP) is 1.57. The number of benzene rings is 1. The van der Waals surface area contributed by atoms with Crippen LogP contribution in [0.25, 0.3) is 0 Å². The maximum absolute atomic E-state index is 11.8. The minimum atomic E-state index is 0.128. The van der Waals surface area contributed by atoms with Gasteiger partial charge in [-0.25, -0.2) is 0 Å². The van der Waals surface area contributed by atoms with E-state index in [9.17, 15) is 4.79 Å². The first-order valence-corrected chi connectivity index (χ1v) is 5.13. The van der Waals surface area contributed by atoms with E-state index < -0.39 is 0 Å².